The van der Waals surface area contributed by atoms with Crippen molar-refractivity contribution >= 4 is 17.0 Å². The predicted octanol–water partition coefficient (Wildman–Crippen LogP) is 2.12. The second kappa shape index (κ2) is 6.29. The van der Waals surface area contributed by atoms with Crippen molar-refractivity contribution in [1.29, 1.82) is 5.41 Å². The average molecular weight is 306 g/mol. The van der Waals surface area contributed by atoms with E-state index in [1.165, 1.54) is 4.88 Å². The molecule has 4 nitrogen and oxygen atoms in total. The lowest BCUT2D eigenvalue weighted by Gasteiger charge is -2.31. The molecular formula is C16H22N2O2S. The third-order valence-electron chi connectivity index (χ3n) is 4.05. The van der Waals surface area contributed by atoms with Crippen LogP contribution in [0.25, 0.3) is 0 Å². The van der Waals surface area contributed by atoms with Crippen LogP contribution in [-0.4, -0.2) is 29.6 Å². The van der Waals surface area contributed by atoms with Crippen molar-refractivity contribution in [2.24, 2.45) is 11.1 Å². The summed E-state index contributed by atoms with van der Waals surface area (Å²) in [5.41, 5.74) is 7.01. The molecule has 0 fully saturated rings. The third-order valence-corrected chi connectivity index (χ3v) is 5.05. The van der Waals surface area contributed by atoms with Crippen molar-refractivity contribution < 1.29 is 9.84 Å². The summed E-state index contributed by atoms with van der Waals surface area (Å²) in [6.07, 6.45) is 5.83. The fraction of sp³-hybridized carbons (Fsp3) is 0.562. The molecule has 4 N–H and O–H groups in total. The Morgan fingerprint density at radius 1 is 1.62 bits per heavy atom. The van der Waals surface area contributed by atoms with Gasteiger partial charge in [-0.25, -0.2) is 0 Å². The SMILES string of the molecule is C#CC(C)(C)C(N)C(O)COC1C(=N)CCc2sccc21. The summed E-state index contributed by atoms with van der Waals surface area (Å²) in [5, 5.41) is 20.3. The van der Waals surface area contributed by atoms with E-state index in [-0.39, 0.29) is 12.7 Å². The molecule has 1 aliphatic rings. The Morgan fingerprint density at radius 2 is 2.33 bits per heavy atom. The minimum Gasteiger partial charge on any atom is -0.389 e. The molecule has 0 saturated carbocycles. The van der Waals surface area contributed by atoms with Gasteiger partial charge in [0.25, 0.3) is 0 Å². The van der Waals surface area contributed by atoms with Crippen LogP contribution in [0, 0.1) is 23.2 Å². The molecule has 114 valence electrons. The third kappa shape index (κ3) is 3.35. The number of hydrogen-bond donors (Lipinski definition) is 3. The van der Waals surface area contributed by atoms with Gasteiger partial charge in [-0.05, 0) is 38.1 Å². The first-order valence-corrected chi connectivity index (χ1v) is 7.91. The van der Waals surface area contributed by atoms with E-state index in [9.17, 15) is 5.11 Å². The quantitative estimate of drug-likeness (QED) is 0.729. The van der Waals surface area contributed by atoms with E-state index in [2.05, 4.69) is 5.92 Å². The fourth-order valence-electron chi connectivity index (χ4n) is 2.42. The van der Waals surface area contributed by atoms with E-state index in [0.29, 0.717) is 12.1 Å². The molecule has 5 heteroatoms. The standard InChI is InChI=1S/C16H22N2O2S/c1-4-16(2,3)15(18)12(19)9-20-14-10-7-8-21-13(10)6-5-11(14)17/h1,7-8,12,14-15,17,19H,5-6,9,18H2,2-3H3. The Labute approximate surface area is 129 Å². The van der Waals surface area contributed by atoms with Crippen molar-refractivity contribution in [3.63, 3.8) is 0 Å². The highest BCUT2D eigenvalue weighted by Gasteiger charge is 2.32. The van der Waals surface area contributed by atoms with Gasteiger partial charge in [0.2, 0.25) is 0 Å². The molecule has 2 rings (SSSR count). The van der Waals surface area contributed by atoms with E-state index in [4.69, 9.17) is 22.3 Å². The summed E-state index contributed by atoms with van der Waals surface area (Å²) in [6, 6.07) is 1.43. The Kier molecular flexibility index (Phi) is 4.84. The largest absolute Gasteiger partial charge is 0.389 e. The number of terminal acetylenes is 1. The normalized spacial score (nSPS) is 21.5. The number of thiophene rings is 1. The van der Waals surface area contributed by atoms with Gasteiger partial charge < -0.3 is 21.0 Å². The molecule has 0 aromatic carbocycles. The summed E-state index contributed by atoms with van der Waals surface area (Å²) in [4.78, 5) is 1.26. The van der Waals surface area contributed by atoms with Gasteiger partial charge in [0.05, 0.1) is 12.7 Å². The predicted molar refractivity (Wildman–Crippen MR) is 85.7 cm³/mol. The van der Waals surface area contributed by atoms with Crippen LogP contribution in [0.4, 0.5) is 0 Å². The van der Waals surface area contributed by atoms with Gasteiger partial charge >= 0.3 is 0 Å². The van der Waals surface area contributed by atoms with Crippen molar-refractivity contribution in [3.8, 4) is 12.3 Å². The zero-order valence-corrected chi connectivity index (χ0v) is 13.2. The topological polar surface area (TPSA) is 79.3 Å². The molecule has 0 aliphatic heterocycles. The highest BCUT2D eigenvalue weighted by Crippen LogP contribution is 2.34. The van der Waals surface area contributed by atoms with Crippen molar-refractivity contribution in [2.45, 2.75) is 44.9 Å². The molecule has 0 spiro atoms. The molecule has 3 atom stereocenters. The number of nitrogens with one attached hydrogen (secondary N) is 1. The fourth-order valence-corrected chi connectivity index (χ4v) is 3.33. The highest BCUT2D eigenvalue weighted by molar-refractivity contribution is 7.10. The van der Waals surface area contributed by atoms with E-state index < -0.39 is 17.6 Å². The number of aryl methyl sites for hydroxylation is 1. The number of ether oxygens (including phenoxy) is 1. The molecule has 21 heavy (non-hydrogen) atoms. The van der Waals surface area contributed by atoms with Gasteiger partial charge in [0, 0.05) is 27.6 Å². The van der Waals surface area contributed by atoms with Crippen LogP contribution < -0.4 is 5.73 Å². The van der Waals surface area contributed by atoms with Crippen molar-refractivity contribution in [2.75, 3.05) is 6.61 Å². The minimum atomic E-state index is -0.854. The van der Waals surface area contributed by atoms with Gasteiger partial charge in [0.15, 0.2) is 0 Å². The van der Waals surface area contributed by atoms with Gasteiger partial charge in [-0.3, -0.25) is 0 Å². The van der Waals surface area contributed by atoms with Crippen LogP contribution in [0.2, 0.25) is 0 Å². The molecule has 1 aromatic heterocycles. The van der Waals surface area contributed by atoms with Crippen LogP contribution in [0.5, 0.6) is 0 Å². The Morgan fingerprint density at radius 3 is 3.00 bits per heavy atom. The Hall–Kier alpha value is -1.19. The van der Waals surface area contributed by atoms with Gasteiger partial charge in [-0.15, -0.1) is 17.8 Å². The maximum absolute atomic E-state index is 10.2. The van der Waals surface area contributed by atoms with Crippen molar-refractivity contribution in [3.05, 3.63) is 21.9 Å². The monoisotopic (exact) mass is 306 g/mol. The van der Waals surface area contributed by atoms with E-state index in [1.54, 1.807) is 11.3 Å². The second-order valence-corrected chi connectivity index (χ2v) is 7.00. The summed E-state index contributed by atoms with van der Waals surface area (Å²) in [7, 11) is 0. The lowest BCUT2D eigenvalue weighted by Crippen LogP contribution is -2.48. The van der Waals surface area contributed by atoms with Crippen LogP contribution >= 0.6 is 11.3 Å². The molecule has 0 bridgehead atoms. The van der Waals surface area contributed by atoms with Gasteiger partial charge in [0.1, 0.15) is 6.10 Å². The number of hydrogen-bond acceptors (Lipinski definition) is 5. The molecule has 0 amide bonds. The van der Waals surface area contributed by atoms with Crippen LogP contribution in [0.15, 0.2) is 11.4 Å². The number of aliphatic hydroxyl groups excluding tert-OH is 1. The first-order chi connectivity index (χ1) is 9.86. The van der Waals surface area contributed by atoms with Gasteiger partial charge in [-0.2, -0.15) is 0 Å². The number of rotatable bonds is 5. The molecule has 3 unspecified atom stereocenters. The Bertz CT molecular complexity index is 559. The first kappa shape index (κ1) is 16.2. The van der Waals surface area contributed by atoms with E-state index in [1.807, 2.05) is 25.3 Å². The first-order valence-electron chi connectivity index (χ1n) is 7.03. The van der Waals surface area contributed by atoms with Crippen LogP contribution in [-0.2, 0) is 11.2 Å². The Balaban J connectivity index is 2.01. The lowest BCUT2D eigenvalue weighted by molar-refractivity contribution is -0.00938. The maximum Gasteiger partial charge on any atom is 0.121 e. The summed E-state index contributed by atoms with van der Waals surface area (Å²) in [6.45, 7) is 3.72. The number of fused-ring (bicyclic) bond motifs is 1. The second-order valence-electron chi connectivity index (χ2n) is 6.00. The van der Waals surface area contributed by atoms with E-state index in [0.717, 1.165) is 12.0 Å². The maximum atomic E-state index is 10.2. The summed E-state index contributed by atoms with van der Waals surface area (Å²) >= 11 is 1.69. The number of aliphatic hydroxyl groups is 1. The minimum absolute atomic E-state index is 0.0780. The van der Waals surface area contributed by atoms with Gasteiger partial charge in [-0.1, -0.05) is 5.92 Å². The van der Waals surface area contributed by atoms with Crippen LogP contribution in [0.1, 0.15) is 36.8 Å². The zero-order chi connectivity index (χ0) is 15.6. The lowest BCUT2D eigenvalue weighted by atomic mass is 9.83. The molecule has 1 heterocycles. The molecule has 0 radical (unpaired) electrons. The van der Waals surface area contributed by atoms with E-state index >= 15 is 0 Å². The average Bonchev–Trinajstić information content (AvgIpc) is 2.93. The molecule has 1 aliphatic carbocycles. The molecule has 0 saturated heterocycles. The summed E-state index contributed by atoms with van der Waals surface area (Å²) < 4.78 is 5.79. The highest BCUT2D eigenvalue weighted by atomic mass is 32.1. The smallest absolute Gasteiger partial charge is 0.121 e. The molecular weight excluding hydrogens is 284 g/mol. The zero-order valence-electron chi connectivity index (χ0n) is 12.4. The van der Waals surface area contributed by atoms with Crippen LogP contribution in [0.3, 0.4) is 0 Å². The summed E-state index contributed by atoms with van der Waals surface area (Å²) in [5.74, 6) is 2.60. The van der Waals surface area contributed by atoms with Crippen molar-refractivity contribution in [1.82, 2.24) is 0 Å². The number of nitrogens with two attached hydrogens (primary N) is 1. The molecule has 1 aromatic rings.